The highest BCUT2D eigenvalue weighted by Gasteiger charge is 2.13. The van der Waals surface area contributed by atoms with Gasteiger partial charge in [-0.3, -0.25) is 9.59 Å². The average molecular weight is 252 g/mol. The Bertz CT molecular complexity index is 434. The second kappa shape index (κ2) is 6.70. The van der Waals surface area contributed by atoms with Crippen LogP contribution in [0.4, 0.5) is 0 Å². The van der Waals surface area contributed by atoms with E-state index in [1.165, 1.54) is 0 Å². The van der Waals surface area contributed by atoms with Crippen LogP contribution in [0.5, 0.6) is 0 Å². The lowest BCUT2D eigenvalue weighted by atomic mass is 10.2. The Hall–Kier alpha value is -1.95. The van der Waals surface area contributed by atoms with Gasteiger partial charge < -0.3 is 15.8 Å². The molecule has 6 heteroatoms. The number of nitrogens with zero attached hydrogens (tertiary/aromatic N) is 1. The molecule has 0 aliphatic carbocycles. The molecule has 1 atom stereocenters. The van der Waals surface area contributed by atoms with Gasteiger partial charge in [-0.1, -0.05) is 0 Å². The molecular formula is C12H18N3O3+. The normalized spacial score (nSPS) is 11.9. The molecule has 0 saturated carbocycles. The molecule has 1 rings (SSSR count). The number of carbonyl (C=O) groups excluding carboxylic acids is 2. The summed E-state index contributed by atoms with van der Waals surface area (Å²) >= 11 is 0. The Morgan fingerprint density at radius 3 is 2.89 bits per heavy atom. The van der Waals surface area contributed by atoms with Crippen molar-refractivity contribution in [3.63, 3.8) is 0 Å². The van der Waals surface area contributed by atoms with Gasteiger partial charge in [0.2, 0.25) is 6.54 Å². The van der Waals surface area contributed by atoms with Crippen LogP contribution in [0.2, 0.25) is 0 Å². The van der Waals surface area contributed by atoms with Gasteiger partial charge in [-0.15, -0.1) is 0 Å². The van der Waals surface area contributed by atoms with Crippen molar-refractivity contribution in [2.75, 3.05) is 13.7 Å². The van der Waals surface area contributed by atoms with Gasteiger partial charge in [-0.2, -0.15) is 4.57 Å². The Kier molecular flexibility index (Phi) is 5.26. The van der Waals surface area contributed by atoms with E-state index in [2.05, 4.69) is 5.32 Å². The smallest absolute Gasteiger partial charge is 0.286 e. The minimum atomic E-state index is -0.516. The van der Waals surface area contributed by atoms with Crippen LogP contribution in [0.1, 0.15) is 17.3 Å². The Morgan fingerprint density at radius 1 is 1.56 bits per heavy atom. The molecule has 0 fully saturated rings. The van der Waals surface area contributed by atoms with Crippen molar-refractivity contribution in [2.45, 2.75) is 19.5 Å². The summed E-state index contributed by atoms with van der Waals surface area (Å²) in [6.45, 7) is 2.44. The molecule has 1 aromatic rings. The first-order chi connectivity index (χ1) is 8.52. The van der Waals surface area contributed by atoms with Gasteiger partial charge in [0, 0.05) is 19.2 Å². The van der Waals surface area contributed by atoms with Crippen molar-refractivity contribution >= 4 is 11.8 Å². The fraction of sp³-hybridized carbons (Fsp3) is 0.417. The van der Waals surface area contributed by atoms with Crippen molar-refractivity contribution in [3.8, 4) is 0 Å². The van der Waals surface area contributed by atoms with E-state index in [0.29, 0.717) is 12.2 Å². The summed E-state index contributed by atoms with van der Waals surface area (Å²) in [7, 11) is 1.58. The van der Waals surface area contributed by atoms with E-state index < -0.39 is 5.91 Å². The first-order valence-corrected chi connectivity index (χ1v) is 5.60. The minimum absolute atomic E-state index is 0.0533. The highest BCUT2D eigenvalue weighted by Crippen LogP contribution is 1.92. The summed E-state index contributed by atoms with van der Waals surface area (Å²) in [5.41, 5.74) is 5.53. The first kappa shape index (κ1) is 14.1. The van der Waals surface area contributed by atoms with Gasteiger partial charge in [-0.05, 0) is 13.0 Å². The monoisotopic (exact) mass is 252 g/mol. The van der Waals surface area contributed by atoms with Gasteiger partial charge >= 0.3 is 0 Å². The molecule has 0 spiro atoms. The SMILES string of the molecule is COC[C@@H](C)NC(=O)C[n+]1cccc(C(N)=O)c1. The van der Waals surface area contributed by atoms with Crippen molar-refractivity contribution in [3.05, 3.63) is 30.1 Å². The number of hydrogen-bond acceptors (Lipinski definition) is 3. The maximum atomic E-state index is 11.7. The van der Waals surface area contributed by atoms with E-state index in [0.717, 1.165) is 0 Å². The molecule has 0 bridgehead atoms. The van der Waals surface area contributed by atoms with Crippen molar-refractivity contribution in [2.24, 2.45) is 5.73 Å². The Labute approximate surface area is 106 Å². The van der Waals surface area contributed by atoms with Crippen LogP contribution in [0.3, 0.4) is 0 Å². The van der Waals surface area contributed by atoms with Crippen LogP contribution in [0.25, 0.3) is 0 Å². The van der Waals surface area contributed by atoms with E-state index in [-0.39, 0.29) is 18.5 Å². The Balaban J connectivity index is 2.59. The van der Waals surface area contributed by atoms with E-state index in [4.69, 9.17) is 10.5 Å². The number of carbonyl (C=O) groups is 2. The summed E-state index contributed by atoms with van der Waals surface area (Å²) < 4.78 is 6.53. The maximum Gasteiger partial charge on any atom is 0.286 e. The lowest BCUT2D eigenvalue weighted by Crippen LogP contribution is -2.46. The number of aromatic nitrogens is 1. The first-order valence-electron chi connectivity index (χ1n) is 5.60. The molecule has 0 unspecified atom stereocenters. The van der Waals surface area contributed by atoms with Crippen LogP contribution in [0, 0.1) is 0 Å². The molecule has 3 N–H and O–H groups in total. The summed E-state index contributed by atoms with van der Waals surface area (Å²) in [5.74, 6) is -0.663. The largest absolute Gasteiger partial charge is 0.383 e. The number of pyridine rings is 1. The molecule has 2 amide bonds. The molecule has 0 saturated heterocycles. The lowest BCUT2D eigenvalue weighted by Gasteiger charge is -2.10. The highest BCUT2D eigenvalue weighted by molar-refractivity contribution is 5.92. The minimum Gasteiger partial charge on any atom is -0.383 e. The van der Waals surface area contributed by atoms with Crippen LogP contribution < -0.4 is 15.6 Å². The fourth-order valence-corrected chi connectivity index (χ4v) is 1.54. The van der Waals surface area contributed by atoms with Gasteiger partial charge in [0.05, 0.1) is 6.61 Å². The number of nitrogens with one attached hydrogen (secondary N) is 1. The zero-order chi connectivity index (χ0) is 13.5. The quantitative estimate of drug-likeness (QED) is 0.652. The van der Waals surface area contributed by atoms with E-state index in [1.807, 2.05) is 6.92 Å². The zero-order valence-corrected chi connectivity index (χ0v) is 10.6. The predicted octanol–water partition coefficient (Wildman–Crippen LogP) is -0.776. The molecule has 0 aliphatic heterocycles. The molecule has 6 nitrogen and oxygen atoms in total. The summed E-state index contributed by atoms with van der Waals surface area (Å²) in [6, 6.07) is 3.22. The van der Waals surface area contributed by atoms with Crippen LogP contribution in [0.15, 0.2) is 24.5 Å². The molecule has 98 valence electrons. The van der Waals surface area contributed by atoms with E-state index in [9.17, 15) is 9.59 Å². The second-order valence-electron chi connectivity index (χ2n) is 4.05. The topological polar surface area (TPSA) is 85.3 Å². The average Bonchev–Trinajstić information content (AvgIpc) is 2.29. The van der Waals surface area contributed by atoms with Gasteiger partial charge in [0.25, 0.3) is 11.8 Å². The van der Waals surface area contributed by atoms with Crippen molar-refractivity contribution in [1.82, 2.24) is 5.32 Å². The molecule has 1 heterocycles. The molecule has 1 aromatic heterocycles. The zero-order valence-electron chi connectivity index (χ0n) is 10.6. The van der Waals surface area contributed by atoms with Crippen LogP contribution in [-0.2, 0) is 16.1 Å². The van der Waals surface area contributed by atoms with Crippen molar-refractivity contribution in [1.29, 1.82) is 0 Å². The van der Waals surface area contributed by atoms with E-state index >= 15 is 0 Å². The van der Waals surface area contributed by atoms with Crippen LogP contribution in [-0.4, -0.2) is 31.6 Å². The van der Waals surface area contributed by atoms with E-state index in [1.54, 1.807) is 36.2 Å². The number of methoxy groups -OCH3 is 1. The standard InChI is InChI=1S/C12H17N3O3/c1-9(8-18-2)14-11(16)7-15-5-3-4-10(6-15)12(13)17/h3-6,9H,7-8H2,1-2H3,(H2-,13,14,16,17)/p+1/t9-/m1/s1. The summed E-state index contributed by atoms with van der Waals surface area (Å²) in [5, 5.41) is 2.78. The van der Waals surface area contributed by atoms with Crippen molar-refractivity contribution < 1.29 is 18.9 Å². The Morgan fingerprint density at radius 2 is 2.28 bits per heavy atom. The van der Waals surface area contributed by atoms with Gasteiger partial charge in [0.1, 0.15) is 5.56 Å². The number of amides is 2. The van der Waals surface area contributed by atoms with Crippen LogP contribution >= 0.6 is 0 Å². The molecule has 0 aliphatic rings. The summed E-state index contributed by atoms with van der Waals surface area (Å²) in [4.78, 5) is 22.7. The van der Waals surface area contributed by atoms with Gasteiger partial charge in [-0.25, -0.2) is 0 Å². The third-order valence-electron chi connectivity index (χ3n) is 2.29. The summed E-state index contributed by atoms with van der Waals surface area (Å²) in [6.07, 6.45) is 3.25. The third-order valence-corrected chi connectivity index (χ3v) is 2.29. The molecule has 0 radical (unpaired) electrons. The molecule has 18 heavy (non-hydrogen) atoms. The molecule has 0 aromatic carbocycles. The van der Waals surface area contributed by atoms with Gasteiger partial charge in [0.15, 0.2) is 12.4 Å². The maximum absolute atomic E-state index is 11.7. The lowest BCUT2D eigenvalue weighted by molar-refractivity contribution is -0.684. The second-order valence-corrected chi connectivity index (χ2v) is 4.05. The predicted molar refractivity (Wildman–Crippen MR) is 64.6 cm³/mol. The number of primary amides is 1. The fourth-order valence-electron chi connectivity index (χ4n) is 1.54. The molecular weight excluding hydrogens is 234 g/mol. The number of hydrogen-bond donors (Lipinski definition) is 2. The number of ether oxygens (including phenoxy) is 1. The highest BCUT2D eigenvalue weighted by atomic mass is 16.5. The third kappa shape index (κ3) is 4.50. The number of nitrogens with two attached hydrogens (primary N) is 1. The number of rotatable bonds is 6.